The fourth-order valence-electron chi connectivity index (χ4n) is 4.35. The molecule has 2 aliphatic rings. The van der Waals surface area contributed by atoms with Gasteiger partial charge >= 0.3 is 0 Å². The van der Waals surface area contributed by atoms with Crippen LogP contribution in [0.2, 0.25) is 0 Å². The maximum atomic E-state index is 12.5. The fraction of sp³-hybridized carbons (Fsp3) is 0.524. The smallest absolute Gasteiger partial charge is 0.220 e. The van der Waals surface area contributed by atoms with Gasteiger partial charge in [0.1, 0.15) is 11.4 Å². The Hall–Kier alpha value is -2.30. The summed E-state index contributed by atoms with van der Waals surface area (Å²) in [4.78, 5) is 12.5. The number of para-hydroxylation sites is 1. The van der Waals surface area contributed by atoms with Crippen molar-refractivity contribution in [1.82, 2.24) is 15.1 Å². The van der Waals surface area contributed by atoms with E-state index in [4.69, 9.17) is 4.74 Å². The number of fused-ring (bicyclic) bond motifs is 1. The molecule has 2 aromatic rings. The molecule has 2 heterocycles. The molecule has 0 radical (unpaired) electrons. The predicted octanol–water partition coefficient (Wildman–Crippen LogP) is 4.01. The molecule has 0 bridgehead atoms. The van der Waals surface area contributed by atoms with Crippen LogP contribution in [0.5, 0.6) is 5.75 Å². The van der Waals surface area contributed by atoms with Gasteiger partial charge in [0.25, 0.3) is 0 Å². The van der Waals surface area contributed by atoms with Crippen LogP contribution in [0.1, 0.15) is 63.0 Å². The van der Waals surface area contributed by atoms with Crippen molar-refractivity contribution in [3.05, 3.63) is 48.3 Å². The summed E-state index contributed by atoms with van der Waals surface area (Å²) in [6.45, 7) is 0.773. The highest BCUT2D eigenvalue weighted by atomic mass is 16.5. The molecule has 1 atom stereocenters. The van der Waals surface area contributed by atoms with Crippen molar-refractivity contribution >= 4 is 5.91 Å². The number of amides is 1. The van der Waals surface area contributed by atoms with E-state index in [1.807, 2.05) is 35.1 Å². The Kier molecular flexibility index (Phi) is 4.96. The van der Waals surface area contributed by atoms with Gasteiger partial charge in [0.2, 0.25) is 5.91 Å². The quantitative estimate of drug-likeness (QED) is 0.884. The molecule has 1 aromatic carbocycles. The van der Waals surface area contributed by atoms with Gasteiger partial charge in [-0.1, -0.05) is 24.6 Å². The Balaban J connectivity index is 1.41. The van der Waals surface area contributed by atoms with Gasteiger partial charge in [-0.05, 0) is 44.2 Å². The summed E-state index contributed by atoms with van der Waals surface area (Å²) in [5, 5.41) is 7.46. The summed E-state index contributed by atoms with van der Waals surface area (Å²) >= 11 is 0. The summed E-state index contributed by atoms with van der Waals surface area (Å²) in [7, 11) is 0. The first-order chi connectivity index (χ1) is 12.7. The molecule has 1 fully saturated rings. The van der Waals surface area contributed by atoms with E-state index in [1.165, 1.54) is 19.3 Å². The van der Waals surface area contributed by atoms with Crippen LogP contribution in [-0.2, 0) is 11.3 Å². The molecular weight excluding hydrogens is 326 g/mol. The monoisotopic (exact) mass is 353 g/mol. The lowest BCUT2D eigenvalue weighted by Crippen LogP contribution is -2.46. The number of benzene rings is 1. The van der Waals surface area contributed by atoms with E-state index in [1.54, 1.807) is 6.20 Å². The lowest BCUT2D eigenvalue weighted by atomic mass is 9.77. The summed E-state index contributed by atoms with van der Waals surface area (Å²) in [6, 6.07) is 10.1. The molecule has 1 aromatic heterocycles. The van der Waals surface area contributed by atoms with Gasteiger partial charge in [-0.2, -0.15) is 5.10 Å². The zero-order chi connectivity index (χ0) is 17.8. The molecule has 138 valence electrons. The summed E-state index contributed by atoms with van der Waals surface area (Å²) < 4.78 is 8.31. The predicted molar refractivity (Wildman–Crippen MR) is 99.8 cm³/mol. The minimum atomic E-state index is -0.0976. The van der Waals surface area contributed by atoms with Crippen LogP contribution in [0.3, 0.4) is 0 Å². The lowest BCUT2D eigenvalue weighted by Gasteiger charge is -2.44. The summed E-state index contributed by atoms with van der Waals surface area (Å²) in [6.07, 6.45) is 11.8. The van der Waals surface area contributed by atoms with E-state index >= 15 is 0 Å². The van der Waals surface area contributed by atoms with Crippen LogP contribution in [0.25, 0.3) is 0 Å². The molecule has 1 N–H and O–H groups in total. The highest BCUT2D eigenvalue weighted by Crippen LogP contribution is 2.46. The van der Waals surface area contributed by atoms with Crippen LogP contribution in [-0.4, -0.2) is 21.3 Å². The highest BCUT2D eigenvalue weighted by Gasteiger charge is 2.42. The first kappa shape index (κ1) is 17.1. The second-order valence-corrected chi connectivity index (χ2v) is 7.58. The van der Waals surface area contributed by atoms with Crippen molar-refractivity contribution < 1.29 is 9.53 Å². The van der Waals surface area contributed by atoms with E-state index < -0.39 is 0 Å². The molecule has 0 unspecified atom stereocenters. The molecule has 4 rings (SSSR count). The Labute approximate surface area is 154 Å². The molecule has 1 aliphatic carbocycles. The Morgan fingerprint density at radius 2 is 2.08 bits per heavy atom. The van der Waals surface area contributed by atoms with Crippen molar-refractivity contribution in [2.75, 3.05) is 0 Å². The average Bonchev–Trinajstić information content (AvgIpc) is 3.16. The van der Waals surface area contributed by atoms with Gasteiger partial charge in [0, 0.05) is 37.3 Å². The third-order valence-corrected chi connectivity index (χ3v) is 5.65. The Morgan fingerprint density at radius 3 is 2.88 bits per heavy atom. The van der Waals surface area contributed by atoms with Crippen molar-refractivity contribution in [1.29, 1.82) is 0 Å². The topological polar surface area (TPSA) is 56.2 Å². The van der Waals surface area contributed by atoms with Crippen LogP contribution in [0, 0.1) is 0 Å². The zero-order valence-corrected chi connectivity index (χ0v) is 15.2. The van der Waals surface area contributed by atoms with Gasteiger partial charge in [0.15, 0.2) is 0 Å². The number of nitrogens with zero attached hydrogens (tertiary/aromatic N) is 2. The normalized spacial score (nSPS) is 21.0. The number of ether oxygens (including phenoxy) is 1. The standard InChI is InChI=1S/C21H27N3O2/c25-20(10-6-14-24-15-7-13-22-24)23-18-16-21(11-4-1-5-12-21)26-19-9-3-2-8-17(18)19/h2-3,7-9,13,15,18H,1,4-6,10-12,14,16H2,(H,23,25)/t18-/m0/s1. The maximum Gasteiger partial charge on any atom is 0.220 e. The van der Waals surface area contributed by atoms with Crippen molar-refractivity contribution in [3.8, 4) is 5.75 Å². The minimum Gasteiger partial charge on any atom is -0.487 e. The van der Waals surface area contributed by atoms with Crippen molar-refractivity contribution in [2.24, 2.45) is 0 Å². The largest absolute Gasteiger partial charge is 0.487 e. The molecular formula is C21H27N3O2. The lowest BCUT2D eigenvalue weighted by molar-refractivity contribution is -0.122. The van der Waals surface area contributed by atoms with Gasteiger partial charge in [-0.15, -0.1) is 0 Å². The molecule has 1 spiro atoms. The molecule has 26 heavy (non-hydrogen) atoms. The molecule has 5 nitrogen and oxygen atoms in total. The number of hydrogen-bond donors (Lipinski definition) is 1. The second-order valence-electron chi connectivity index (χ2n) is 7.58. The molecule has 0 saturated heterocycles. The number of carbonyl (C=O) groups excluding carboxylic acids is 1. The third kappa shape index (κ3) is 3.76. The number of aromatic nitrogens is 2. The van der Waals surface area contributed by atoms with Crippen LogP contribution >= 0.6 is 0 Å². The van der Waals surface area contributed by atoms with Gasteiger partial charge in [0.05, 0.1) is 6.04 Å². The maximum absolute atomic E-state index is 12.5. The first-order valence-electron chi connectivity index (χ1n) is 9.79. The van der Waals surface area contributed by atoms with Crippen molar-refractivity contribution in [3.63, 3.8) is 0 Å². The molecule has 1 amide bonds. The van der Waals surface area contributed by atoms with E-state index in [-0.39, 0.29) is 17.6 Å². The Morgan fingerprint density at radius 1 is 1.23 bits per heavy atom. The first-order valence-corrected chi connectivity index (χ1v) is 9.79. The highest BCUT2D eigenvalue weighted by molar-refractivity contribution is 5.76. The van der Waals surface area contributed by atoms with Gasteiger partial charge < -0.3 is 10.1 Å². The van der Waals surface area contributed by atoms with E-state index in [0.717, 1.165) is 43.5 Å². The number of hydrogen-bond acceptors (Lipinski definition) is 3. The van der Waals surface area contributed by atoms with Crippen molar-refractivity contribution in [2.45, 2.75) is 69.6 Å². The SMILES string of the molecule is O=C(CCCn1cccn1)N[C@H]1CC2(CCCCC2)Oc2ccccc21. The number of carbonyl (C=O) groups is 1. The number of aryl methyl sites for hydroxylation is 1. The van der Waals surface area contributed by atoms with Crippen LogP contribution in [0.4, 0.5) is 0 Å². The van der Waals surface area contributed by atoms with E-state index in [2.05, 4.69) is 16.5 Å². The fourth-order valence-corrected chi connectivity index (χ4v) is 4.35. The molecule has 5 heteroatoms. The van der Waals surface area contributed by atoms with Crippen LogP contribution < -0.4 is 10.1 Å². The molecule has 1 saturated carbocycles. The zero-order valence-electron chi connectivity index (χ0n) is 15.2. The second kappa shape index (κ2) is 7.52. The molecule has 1 aliphatic heterocycles. The van der Waals surface area contributed by atoms with Gasteiger partial charge in [-0.3, -0.25) is 9.48 Å². The van der Waals surface area contributed by atoms with Crippen LogP contribution in [0.15, 0.2) is 42.7 Å². The average molecular weight is 353 g/mol. The van der Waals surface area contributed by atoms with E-state index in [0.29, 0.717) is 6.42 Å². The van der Waals surface area contributed by atoms with Gasteiger partial charge in [-0.25, -0.2) is 0 Å². The Bertz CT molecular complexity index is 735. The summed E-state index contributed by atoms with van der Waals surface area (Å²) in [5.41, 5.74) is 1.02. The number of nitrogens with one attached hydrogen (secondary N) is 1. The third-order valence-electron chi connectivity index (χ3n) is 5.65. The number of rotatable bonds is 5. The summed E-state index contributed by atoms with van der Waals surface area (Å²) in [5.74, 6) is 1.06. The minimum absolute atomic E-state index is 0.0512. The van der Waals surface area contributed by atoms with E-state index in [9.17, 15) is 4.79 Å².